The third kappa shape index (κ3) is 3.60. The van der Waals surface area contributed by atoms with Crippen LogP contribution in [-0.2, 0) is 6.42 Å². The van der Waals surface area contributed by atoms with E-state index in [4.69, 9.17) is 0 Å². The second-order valence-electron chi connectivity index (χ2n) is 5.28. The molecule has 1 aromatic heterocycles. The molecule has 0 bridgehead atoms. The Bertz CT molecular complexity index is 524. The lowest BCUT2D eigenvalue weighted by molar-refractivity contribution is 0.217. The molecule has 1 aromatic rings. The smallest absolute Gasteiger partial charge is 0.316 e. The highest BCUT2D eigenvalue weighted by Gasteiger charge is 2.19. The highest BCUT2D eigenvalue weighted by molar-refractivity contribution is 5.73. The number of amides is 2. The van der Waals surface area contributed by atoms with Gasteiger partial charge in [-0.05, 0) is 24.8 Å². The number of pyridine rings is 1. The molecule has 2 amide bonds. The van der Waals surface area contributed by atoms with Crippen molar-refractivity contribution in [2.24, 2.45) is 0 Å². The average molecular weight is 278 g/mol. The Morgan fingerprint density at radius 2 is 2.20 bits per heavy atom. The Hall–Kier alpha value is -1.82. The van der Waals surface area contributed by atoms with Gasteiger partial charge in [0.15, 0.2) is 0 Å². The number of hydrogen-bond acceptors (Lipinski definition) is 3. The van der Waals surface area contributed by atoms with Gasteiger partial charge in [0, 0.05) is 45.0 Å². The van der Waals surface area contributed by atoms with E-state index in [0.717, 1.165) is 25.0 Å². The normalized spacial score (nSPS) is 17.4. The van der Waals surface area contributed by atoms with Gasteiger partial charge in [0.2, 0.25) is 5.56 Å². The number of H-pyrrole nitrogens is 1. The Morgan fingerprint density at radius 1 is 1.40 bits per heavy atom. The molecule has 3 N–H and O–H groups in total. The first kappa shape index (κ1) is 14.6. The van der Waals surface area contributed by atoms with Gasteiger partial charge in [-0.2, -0.15) is 0 Å². The number of carbonyl (C=O) groups excluding carboxylic acids is 1. The lowest BCUT2D eigenvalue weighted by Crippen LogP contribution is -2.39. The number of rotatable bonds is 4. The van der Waals surface area contributed by atoms with Crippen molar-refractivity contribution in [1.29, 1.82) is 0 Å². The molecule has 0 saturated carbocycles. The number of fused-ring (bicyclic) bond motifs is 1. The molecule has 0 radical (unpaired) electrons. The van der Waals surface area contributed by atoms with Gasteiger partial charge in [0.25, 0.3) is 0 Å². The van der Waals surface area contributed by atoms with Gasteiger partial charge in [-0.3, -0.25) is 4.79 Å². The van der Waals surface area contributed by atoms with E-state index in [2.05, 4.69) is 15.6 Å². The highest BCUT2D eigenvalue weighted by atomic mass is 16.2. The van der Waals surface area contributed by atoms with Crippen LogP contribution in [0.2, 0.25) is 0 Å². The van der Waals surface area contributed by atoms with Gasteiger partial charge < -0.3 is 20.5 Å². The molecule has 6 nitrogen and oxygen atoms in total. The number of nitrogens with zero attached hydrogens (tertiary/aromatic N) is 1. The van der Waals surface area contributed by atoms with Crippen molar-refractivity contribution in [3.63, 3.8) is 0 Å². The SMILES string of the molecule is CN(C)C(=O)NCCNC1CCCc2[nH]c(=O)ccc21. The topological polar surface area (TPSA) is 77.2 Å². The first-order valence-corrected chi connectivity index (χ1v) is 6.98. The zero-order chi connectivity index (χ0) is 14.5. The van der Waals surface area contributed by atoms with Crippen LogP contribution in [0, 0.1) is 0 Å². The van der Waals surface area contributed by atoms with E-state index < -0.39 is 0 Å². The van der Waals surface area contributed by atoms with Crippen LogP contribution < -0.4 is 16.2 Å². The fourth-order valence-electron chi connectivity index (χ4n) is 2.49. The van der Waals surface area contributed by atoms with Crippen LogP contribution >= 0.6 is 0 Å². The Kier molecular flexibility index (Phi) is 4.79. The minimum atomic E-state index is -0.0832. The van der Waals surface area contributed by atoms with Gasteiger partial charge in [-0.25, -0.2) is 4.79 Å². The second kappa shape index (κ2) is 6.56. The maximum absolute atomic E-state index is 11.4. The van der Waals surface area contributed by atoms with E-state index in [-0.39, 0.29) is 17.6 Å². The van der Waals surface area contributed by atoms with Crippen LogP contribution in [0.5, 0.6) is 0 Å². The zero-order valence-electron chi connectivity index (χ0n) is 12.0. The zero-order valence-corrected chi connectivity index (χ0v) is 12.0. The molecule has 20 heavy (non-hydrogen) atoms. The van der Waals surface area contributed by atoms with Crippen LogP contribution in [0.15, 0.2) is 16.9 Å². The monoisotopic (exact) mass is 278 g/mol. The summed E-state index contributed by atoms with van der Waals surface area (Å²) in [5.74, 6) is 0. The van der Waals surface area contributed by atoms with Crippen molar-refractivity contribution in [2.45, 2.75) is 25.3 Å². The number of urea groups is 1. The van der Waals surface area contributed by atoms with Gasteiger partial charge >= 0.3 is 6.03 Å². The number of aromatic nitrogens is 1. The number of nitrogens with one attached hydrogen (secondary N) is 3. The summed E-state index contributed by atoms with van der Waals surface area (Å²) in [6.07, 6.45) is 3.05. The molecule has 0 aromatic carbocycles. The molecule has 0 spiro atoms. The summed E-state index contributed by atoms with van der Waals surface area (Å²) in [5, 5.41) is 6.26. The lowest BCUT2D eigenvalue weighted by Gasteiger charge is -2.26. The van der Waals surface area contributed by atoms with Crippen LogP contribution in [0.3, 0.4) is 0 Å². The molecule has 2 rings (SSSR count). The fraction of sp³-hybridized carbons (Fsp3) is 0.571. The van der Waals surface area contributed by atoms with E-state index in [1.807, 2.05) is 6.07 Å². The summed E-state index contributed by atoms with van der Waals surface area (Å²) < 4.78 is 0. The minimum absolute atomic E-state index is 0.0392. The molecule has 1 aliphatic rings. The Morgan fingerprint density at radius 3 is 2.95 bits per heavy atom. The molecule has 0 fully saturated rings. The van der Waals surface area contributed by atoms with E-state index in [1.165, 1.54) is 10.5 Å². The summed E-state index contributed by atoms with van der Waals surface area (Å²) in [7, 11) is 3.44. The lowest BCUT2D eigenvalue weighted by atomic mass is 9.91. The summed E-state index contributed by atoms with van der Waals surface area (Å²) >= 11 is 0. The molecule has 0 saturated heterocycles. The maximum atomic E-state index is 11.4. The quantitative estimate of drug-likeness (QED) is 0.706. The molecule has 1 unspecified atom stereocenters. The highest BCUT2D eigenvalue weighted by Crippen LogP contribution is 2.26. The third-order valence-corrected chi connectivity index (χ3v) is 3.53. The van der Waals surface area contributed by atoms with Gasteiger partial charge in [-0.1, -0.05) is 6.07 Å². The van der Waals surface area contributed by atoms with Crippen molar-refractivity contribution in [3.05, 3.63) is 33.7 Å². The Labute approximate surface area is 118 Å². The van der Waals surface area contributed by atoms with Crippen molar-refractivity contribution >= 4 is 6.03 Å². The number of aryl methyl sites for hydroxylation is 1. The van der Waals surface area contributed by atoms with Crippen molar-refractivity contribution in [2.75, 3.05) is 27.2 Å². The van der Waals surface area contributed by atoms with E-state index in [1.54, 1.807) is 20.2 Å². The number of carbonyl (C=O) groups is 1. The maximum Gasteiger partial charge on any atom is 0.316 e. The molecule has 1 heterocycles. The van der Waals surface area contributed by atoms with E-state index >= 15 is 0 Å². The van der Waals surface area contributed by atoms with Crippen LogP contribution in [-0.4, -0.2) is 43.1 Å². The molecule has 1 atom stereocenters. The van der Waals surface area contributed by atoms with E-state index in [0.29, 0.717) is 13.1 Å². The first-order valence-electron chi connectivity index (χ1n) is 6.98. The molecular formula is C14H22N4O2. The standard InChI is InChI=1S/C14H22N4O2/c1-18(2)14(20)16-9-8-15-11-4-3-5-12-10(11)6-7-13(19)17-12/h6-7,11,15H,3-5,8-9H2,1-2H3,(H,16,20)(H,17,19). The summed E-state index contributed by atoms with van der Waals surface area (Å²) in [4.78, 5) is 27.1. The summed E-state index contributed by atoms with van der Waals surface area (Å²) in [6.45, 7) is 1.30. The second-order valence-corrected chi connectivity index (χ2v) is 5.28. The first-order chi connectivity index (χ1) is 9.58. The van der Waals surface area contributed by atoms with Gasteiger partial charge in [-0.15, -0.1) is 0 Å². The predicted molar refractivity (Wildman–Crippen MR) is 77.8 cm³/mol. The summed E-state index contributed by atoms with van der Waals surface area (Å²) in [5.41, 5.74) is 2.18. The van der Waals surface area contributed by atoms with Crippen molar-refractivity contribution in [3.8, 4) is 0 Å². The Balaban J connectivity index is 1.86. The molecule has 1 aliphatic carbocycles. The number of aromatic amines is 1. The van der Waals surface area contributed by atoms with E-state index in [9.17, 15) is 9.59 Å². The molecule has 110 valence electrons. The minimum Gasteiger partial charge on any atom is -0.337 e. The third-order valence-electron chi connectivity index (χ3n) is 3.53. The average Bonchev–Trinajstić information content (AvgIpc) is 2.42. The van der Waals surface area contributed by atoms with Crippen LogP contribution in [0.4, 0.5) is 4.79 Å². The summed E-state index contributed by atoms with van der Waals surface area (Å²) in [6, 6.07) is 3.66. The molecule has 0 aliphatic heterocycles. The molecule has 6 heteroatoms. The molecular weight excluding hydrogens is 256 g/mol. The number of hydrogen-bond donors (Lipinski definition) is 3. The van der Waals surface area contributed by atoms with Gasteiger partial charge in [0.05, 0.1) is 0 Å². The van der Waals surface area contributed by atoms with Crippen LogP contribution in [0.1, 0.15) is 30.1 Å². The van der Waals surface area contributed by atoms with Crippen LogP contribution in [0.25, 0.3) is 0 Å². The fourth-order valence-corrected chi connectivity index (χ4v) is 2.49. The predicted octanol–water partition coefficient (Wildman–Crippen LogP) is 0.613. The van der Waals surface area contributed by atoms with Crippen molar-refractivity contribution in [1.82, 2.24) is 20.5 Å². The largest absolute Gasteiger partial charge is 0.337 e. The van der Waals surface area contributed by atoms with Gasteiger partial charge in [0.1, 0.15) is 0 Å². The van der Waals surface area contributed by atoms with Crippen molar-refractivity contribution < 1.29 is 4.79 Å².